The summed E-state index contributed by atoms with van der Waals surface area (Å²) >= 11 is 0. The number of methoxy groups -OCH3 is 1. The van der Waals surface area contributed by atoms with Crippen molar-refractivity contribution in [1.29, 1.82) is 0 Å². The maximum absolute atomic E-state index is 6.17. The van der Waals surface area contributed by atoms with E-state index in [2.05, 4.69) is 20.8 Å². The summed E-state index contributed by atoms with van der Waals surface area (Å²) in [6, 6.07) is 0. The van der Waals surface area contributed by atoms with Crippen LogP contribution in [0.4, 0.5) is 0 Å². The Labute approximate surface area is 98.7 Å². The Morgan fingerprint density at radius 1 is 1.31 bits per heavy atom. The molecule has 16 heavy (non-hydrogen) atoms. The maximum atomic E-state index is 6.17. The molecule has 1 spiro atoms. The first-order valence-corrected chi connectivity index (χ1v) is 6.74. The van der Waals surface area contributed by atoms with E-state index >= 15 is 0 Å². The molecule has 1 aliphatic heterocycles. The Bertz CT molecular complexity index is 303. The third kappa shape index (κ3) is 1.15. The Hall–Kier alpha value is -0.0800. The van der Waals surface area contributed by atoms with Crippen molar-refractivity contribution in [3.8, 4) is 0 Å². The third-order valence-electron chi connectivity index (χ3n) is 6.08. The molecule has 92 valence electrons. The van der Waals surface area contributed by atoms with Gasteiger partial charge >= 0.3 is 0 Å². The van der Waals surface area contributed by atoms with Gasteiger partial charge in [-0.15, -0.1) is 0 Å². The van der Waals surface area contributed by atoms with Crippen LogP contribution in [0.5, 0.6) is 0 Å². The molecule has 0 unspecified atom stereocenters. The van der Waals surface area contributed by atoms with Gasteiger partial charge in [-0.3, -0.25) is 0 Å². The van der Waals surface area contributed by atoms with Crippen molar-refractivity contribution in [2.75, 3.05) is 7.11 Å². The van der Waals surface area contributed by atoms with Crippen LogP contribution < -0.4 is 0 Å². The average molecular weight is 224 g/mol. The second-order valence-electron chi connectivity index (χ2n) is 6.52. The standard InChI is InChI=1S/C14H24O2/c1-9-7-12-14(16-12)8-11(15-4)5-6-13(14,3)10(9)2/h9-12H,5-8H2,1-4H3/t9-,10+,11+,12-,13+,14-/m0/s1. The highest BCUT2D eigenvalue weighted by Gasteiger charge is 2.72. The SMILES string of the molecule is CO[C@@H]1CC[C@]2(C)[C@H](C)[C@@H](C)C[C@@H]3O[C@@]32C1. The zero-order chi connectivity index (χ0) is 11.6. The number of hydrogen-bond donors (Lipinski definition) is 0. The predicted molar refractivity (Wildman–Crippen MR) is 63.3 cm³/mol. The zero-order valence-corrected chi connectivity index (χ0v) is 11.0. The van der Waals surface area contributed by atoms with Gasteiger partial charge in [0.05, 0.1) is 12.2 Å². The summed E-state index contributed by atoms with van der Waals surface area (Å²) in [5.74, 6) is 1.59. The molecule has 1 saturated heterocycles. The van der Waals surface area contributed by atoms with E-state index in [-0.39, 0.29) is 5.60 Å². The van der Waals surface area contributed by atoms with Gasteiger partial charge in [0, 0.05) is 18.9 Å². The van der Waals surface area contributed by atoms with Crippen LogP contribution in [-0.4, -0.2) is 24.9 Å². The van der Waals surface area contributed by atoms with Gasteiger partial charge in [0.2, 0.25) is 0 Å². The van der Waals surface area contributed by atoms with Gasteiger partial charge in [-0.2, -0.15) is 0 Å². The van der Waals surface area contributed by atoms with E-state index < -0.39 is 0 Å². The molecule has 2 heteroatoms. The first kappa shape index (κ1) is 11.0. The van der Waals surface area contributed by atoms with E-state index in [0.717, 1.165) is 18.3 Å². The van der Waals surface area contributed by atoms with Crippen molar-refractivity contribution in [3.05, 3.63) is 0 Å². The monoisotopic (exact) mass is 224 g/mol. The first-order valence-electron chi connectivity index (χ1n) is 6.74. The maximum Gasteiger partial charge on any atom is 0.103 e. The molecule has 0 aromatic rings. The summed E-state index contributed by atoms with van der Waals surface area (Å²) in [5.41, 5.74) is 0.572. The minimum absolute atomic E-state index is 0.178. The number of epoxide rings is 1. The molecular formula is C14H24O2. The largest absolute Gasteiger partial charge is 0.381 e. The van der Waals surface area contributed by atoms with Crippen LogP contribution in [0.25, 0.3) is 0 Å². The molecule has 0 aromatic carbocycles. The second-order valence-corrected chi connectivity index (χ2v) is 6.52. The normalized spacial score (nSPS) is 60.0. The van der Waals surface area contributed by atoms with Crippen molar-refractivity contribution in [2.45, 2.75) is 64.3 Å². The third-order valence-corrected chi connectivity index (χ3v) is 6.08. The van der Waals surface area contributed by atoms with Crippen molar-refractivity contribution in [1.82, 2.24) is 0 Å². The molecule has 2 saturated carbocycles. The Morgan fingerprint density at radius 2 is 2.06 bits per heavy atom. The number of ether oxygens (including phenoxy) is 2. The average Bonchev–Trinajstić information content (AvgIpc) is 2.95. The second kappa shape index (κ2) is 3.23. The summed E-state index contributed by atoms with van der Waals surface area (Å²) < 4.78 is 11.7. The number of rotatable bonds is 1. The lowest BCUT2D eigenvalue weighted by molar-refractivity contribution is -0.0671. The minimum atomic E-state index is 0.178. The summed E-state index contributed by atoms with van der Waals surface area (Å²) in [4.78, 5) is 0. The molecule has 3 rings (SSSR count). The lowest BCUT2D eigenvalue weighted by atomic mass is 9.52. The van der Waals surface area contributed by atoms with E-state index in [9.17, 15) is 0 Å². The number of hydrogen-bond acceptors (Lipinski definition) is 2. The van der Waals surface area contributed by atoms with Crippen molar-refractivity contribution < 1.29 is 9.47 Å². The van der Waals surface area contributed by atoms with Gasteiger partial charge in [0.1, 0.15) is 5.60 Å². The molecule has 0 radical (unpaired) electrons. The van der Waals surface area contributed by atoms with E-state index in [0.29, 0.717) is 17.6 Å². The molecular weight excluding hydrogens is 200 g/mol. The lowest BCUT2D eigenvalue weighted by Gasteiger charge is -2.51. The zero-order valence-electron chi connectivity index (χ0n) is 11.0. The van der Waals surface area contributed by atoms with Gasteiger partial charge < -0.3 is 9.47 Å². The predicted octanol–water partition coefficient (Wildman–Crippen LogP) is 3.01. The highest BCUT2D eigenvalue weighted by molar-refractivity contribution is 5.20. The van der Waals surface area contributed by atoms with Crippen LogP contribution in [0.2, 0.25) is 0 Å². The van der Waals surface area contributed by atoms with E-state index in [4.69, 9.17) is 9.47 Å². The van der Waals surface area contributed by atoms with Crippen LogP contribution in [0.15, 0.2) is 0 Å². The fraction of sp³-hybridized carbons (Fsp3) is 1.00. The van der Waals surface area contributed by atoms with Crippen LogP contribution >= 0.6 is 0 Å². The highest BCUT2D eigenvalue weighted by atomic mass is 16.6. The smallest absolute Gasteiger partial charge is 0.103 e. The lowest BCUT2D eigenvalue weighted by Crippen LogP contribution is -2.53. The van der Waals surface area contributed by atoms with Crippen LogP contribution in [0, 0.1) is 17.3 Å². The quantitative estimate of drug-likeness (QED) is 0.639. The summed E-state index contributed by atoms with van der Waals surface area (Å²) in [6.45, 7) is 7.28. The van der Waals surface area contributed by atoms with Gasteiger partial charge in [0.15, 0.2) is 0 Å². The highest BCUT2D eigenvalue weighted by Crippen LogP contribution is 2.67. The first-order chi connectivity index (χ1) is 7.53. The Kier molecular flexibility index (Phi) is 2.23. The molecule has 0 bridgehead atoms. The van der Waals surface area contributed by atoms with Gasteiger partial charge in [-0.05, 0) is 31.1 Å². The van der Waals surface area contributed by atoms with E-state index in [1.807, 2.05) is 7.11 Å². The van der Waals surface area contributed by atoms with Crippen molar-refractivity contribution in [2.24, 2.45) is 17.3 Å². The van der Waals surface area contributed by atoms with Gasteiger partial charge in [0.25, 0.3) is 0 Å². The van der Waals surface area contributed by atoms with Crippen LogP contribution in [0.3, 0.4) is 0 Å². The Balaban J connectivity index is 1.90. The molecule has 3 fully saturated rings. The van der Waals surface area contributed by atoms with E-state index in [1.165, 1.54) is 19.3 Å². The molecule has 2 aliphatic carbocycles. The molecule has 0 N–H and O–H groups in total. The molecule has 2 nitrogen and oxygen atoms in total. The topological polar surface area (TPSA) is 21.8 Å². The summed E-state index contributed by atoms with van der Waals surface area (Å²) in [5, 5.41) is 0. The van der Waals surface area contributed by atoms with Crippen LogP contribution in [-0.2, 0) is 9.47 Å². The molecule has 1 heterocycles. The fourth-order valence-electron chi connectivity index (χ4n) is 4.47. The Morgan fingerprint density at radius 3 is 2.75 bits per heavy atom. The molecule has 0 amide bonds. The molecule has 6 atom stereocenters. The van der Waals surface area contributed by atoms with Crippen LogP contribution in [0.1, 0.15) is 46.5 Å². The minimum Gasteiger partial charge on any atom is -0.381 e. The van der Waals surface area contributed by atoms with Gasteiger partial charge in [-0.1, -0.05) is 20.8 Å². The van der Waals surface area contributed by atoms with Crippen molar-refractivity contribution >= 4 is 0 Å². The summed E-state index contributed by atoms with van der Waals surface area (Å²) in [6.07, 6.45) is 5.82. The van der Waals surface area contributed by atoms with E-state index in [1.54, 1.807) is 0 Å². The van der Waals surface area contributed by atoms with Gasteiger partial charge in [-0.25, -0.2) is 0 Å². The molecule has 0 aromatic heterocycles. The summed E-state index contributed by atoms with van der Waals surface area (Å²) in [7, 11) is 1.84. The fourth-order valence-corrected chi connectivity index (χ4v) is 4.47. The molecule has 3 aliphatic rings. The van der Waals surface area contributed by atoms with Crippen molar-refractivity contribution in [3.63, 3.8) is 0 Å².